The first-order chi connectivity index (χ1) is 15.9. The summed E-state index contributed by atoms with van der Waals surface area (Å²) in [5.74, 6) is -1.99. The second-order valence-corrected chi connectivity index (χ2v) is 9.51. The predicted molar refractivity (Wildman–Crippen MR) is 120 cm³/mol. The second kappa shape index (κ2) is 8.42. The van der Waals surface area contributed by atoms with Crippen molar-refractivity contribution < 1.29 is 27.2 Å². The van der Waals surface area contributed by atoms with Crippen LogP contribution >= 0.6 is 0 Å². The molecule has 0 bridgehead atoms. The molecule has 0 spiro atoms. The maximum atomic E-state index is 13.6. The Hall–Kier alpha value is -3.42. The lowest BCUT2D eigenvalue weighted by Gasteiger charge is -2.39. The van der Waals surface area contributed by atoms with Crippen LogP contribution in [0.1, 0.15) is 50.7 Å². The number of benzene rings is 2. The highest BCUT2D eigenvalue weighted by Gasteiger charge is 2.42. The molecule has 1 atom stereocenters. The smallest absolute Gasteiger partial charge is 0.362 e. The van der Waals surface area contributed by atoms with E-state index in [0.717, 1.165) is 12.1 Å². The first-order valence-electron chi connectivity index (χ1n) is 10.8. The van der Waals surface area contributed by atoms with Gasteiger partial charge in [-0.15, -0.1) is 0 Å². The van der Waals surface area contributed by atoms with Crippen LogP contribution in [-0.2, 0) is 15.8 Å². The highest BCUT2D eigenvalue weighted by atomic mass is 19.4. The maximum Gasteiger partial charge on any atom is 0.416 e. The number of hydrogen-bond donors (Lipinski definition) is 2. The molecule has 178 valence electrons. The van der Waals surface area contributed by atoms with Crippen LogP contribution in [0.15, 0.2) is 71.1 Å². The number of rotatable bonds is 3. The van der Waals surface area contributed by atoms with E-state index in [0.29, 0.717) is 29.0 Å². The fourth-order valence-corrected chi connectivity index (χ4v) is 4.70. The Morgan fingerprint density at radius 3 is 2.41 bits per heavy atom. The van der Waals surface area contributed by atoms with Gasteiger partial charge in [0.15, 0.2) is 5.78 Å². The van der Waals surface area contributed by atoms with Crippen molar-refractivity contribution in [3.05, 3.63) is 88.0 Å². The quantitative estimate of drug-likeness (QED) is 0.532. The van der Waals surface area contributed by atoms with Gasteiger partial charge in [0.25, 0.3) is 5.91 Å². The molecule has 0 saturated heterocycles. The molecule has 0 unspecified atom stereocenters. The minimum Gasteiger partial charge on any atom is -0.362 e. The number of hydrogen-bond acceptors (Lipinski definition) is 3. The largest absolute Gasteiger partial charge is 0.416 e. The monoisotopic (exact) mass is 472 g/mol. The first-order valence-corrected chi connectivity index (χ1v) is 10.8. The molecule has 0 saturated carbocycles. The molecule has 4 nitrogen and oxygen atoms in total. The number of carbonyl (C=O) groups excluding carboxylic acids is 2. The fourth-order valence-electron chi connectivity index (χ4n) is 4.70. The predicted octanol–water partition coefficient (Wildman–Crippen LogP) is 6.09. The average Bonchev–Trinajstić information content (AvgIpc) is 2.72. The summed E-state index contributed by atoms with van der Waals surface area (Å²) in [5.41, 5.74) is 1.22. The van der Waals surface area contributed by atoms with E-state index in [1.54, 1.807) is 6.92 Å². The van der Waals surface area contributed by atoms with Gasteiger partial charge in [0.1, 0.15) is 5.82 Å². The van der Waals surface area contributed by atoms with Crippen LogP contribution in [0.25, 0.3) is 0 Å². The third-order valence-electron chi connectivity index (χ3n) is 6.14. The zero-order valence-electron chi connectivity index (χ0n) is 18.9. The molecule has 2 aromatic carbocycles. The van der Waals surface area contributed by atoms with E-state index in [1.807, 2.05) is 13.8 Å². The molecular weight excluding hydrogens is 448 g/mol. The minimum absolute atomic E-state index is 0.0196. The van der Waals surface area contributed by atoms with E-state index in [4.69, 9.17) is 0 Å². The van der Waals surface area contributed by atoms with Crippen LogP contribution in [0.5, 0.6) is 0 Å². The summed E-state index contributed by atoms with van der Waals surface area (Å²) in [6.07, 6.45) is -3.68. The number of halogens is 4. The Labute approximate surface area is 194 Å². The Bertz CT molecular complexity index is 1220. The summed E-state index contributed by atoms with van der Waals surface area (Å²) in [6.45, 7) is 5.66. The Balaban J connectivity index is 1.77. The van der Waals surface area contributed by atoms with Crippen molar-refractivity contribution in [1.29, 1.82) is 0 Å². The minimum atomic E-state index is -4.56. The third-order valence-corrected chi connectivity index (χ3v) is 6.14. The SMILES string of the molecule is CC1=C(C(=O)Nc2cccc(C(F)(F)F)c2)[C@@H](c2ccc(F)cc2)C2=C(CC(C)(C)CC2=O)N1. The molecule has 1 aliphatic heterocycles. The molecule has 0 radical (unpaired) electrons. The molecule has 8 heteroatoms. The van der Waals surface area contributed by atoms with Crippen LogP contribution in [0, 0.1) is 11.2 Å². The topological polar surface area (TPSA) is 58.2 Å². The van der Waals surface area contributed by atoms with Gasteiger partial charge in [0.05, 0.1) is 5.56 Å². The number of nitrogens with one attached hydrogen (secondary N) is 2. The van der Waals surface area contributed by atoms with Gasteiger partial charge < -0.3 is 10.6 Å². The molecule has 4 rings (SSSR count). The lowest BCUT2D eigenvalue weighted by atomic mass is 9.68. The summed E-state index contributed by atoms with van der Waals surface area (Å²) < 4.78 is 53.0. The number of ketones is 1. The number of carbonyl (C=O) groups is 2. The van der Waals surface area contributed by atoms with Crippen molar-refractivity contribution in [2.75, 3.05) is 5.32 Å². The number of dihydropyridines is 1. The van der Waals surface area contributed by atoms with Gasteiger partial charge in [-0.1, -0.05) is 32.0 Å². The zero-order valence-corrected chi connectivity index (χ0v) is 18.9. The van der Waals surface area contributed by atoms with Crippen LogP contribution in [-0.4, -0.2) is 11.7 Å². The molecule has 2 N–H and O–H groups in total. The summed E-state index contributed by atoms with van der Waals surface area (Å²) in [6, 6.07) is 9.91. The zero-order chi connectivity index (χ0) is 24.8. The van der Waals surface area contributed by atoms with Gasteiger partial charge in [-0.3, -0.25) is 9.59 Å². The van der Waals surface area contributed by atoms with Crippen LogP contribution < -0.4 is 10.6 Å². The molecule has 2 aliphatic rings. The highest BCUT2D eigenvalue weighted by Crippen LogP contribution is 2.46. The second-order valence-electron chi connectivity index (χ2n) is 9.51. The van der Waals surface area contributed by atoms with Crippen molar-refractivity contribution in [3.63, 3.8) is 0 Å². The first kappa shape index (κ1) is 23.7. The van der Waals surface area contributed by atoms with Gasteiger partial charge in [-0.25, -0.2) is 4.39 Å². The fraction of sp³-hybridized carbons (Fsp3) is 0.308. The lowest BCUT2D eigenvalue weighted by molar-refractivity contribution is -0.137. The molecule has 1 amide bonds. The standard InChI is InChI=1S/C26H24F4N2O2/c1-14-21(24(34)32-18-6-4-5-16(11-18)26(28,29)30)22(15-7-9-17(27)10-8-15)23-19(31-14)12-25(2,3)13-20(23)33/h4-11,22,31H,12-13H2,1-3H3,(H,32,34)/t22-/m1/s1. The Morgan fingerprint density at radius 1 is 1.09 bits per heavy atom. The van der Waals surface area contributed by atoms with E-state index >= 15 is 0 Å². The Kier molecular flexibility index (Phi) is 5.87. The molecular formula is C26H24F4N2O2. The van der Waals surface area contributed by atoms with E-state index in [1.165, 1.54) is 36.4 Å². The molecule has 0 aromatic heterocycles. The van der Waals surface area contributed by atoms with Crippen molar-refractivity contribution in [1.82, 2.24) is 5.32 Å². The number of alkyl halides is 3. The van der Waals surface area contributed by atoms with Gasteiger partial charge in [-0.05, 0) is 54.7 Å². The van der Waals surface area contributed by atoms with Gasteiger partial charge in [0.2, 0.25) is 0 Å². The van der Waals surface area contributed by atoms with Crippen LogP contribution in [0.3, 0.4) is 0 Å². The number of amides is 1. The Morgan fingerprint density at radius 2 is 1.76 bits per heavy atom. The molecule has 2 aromatic rings. The maximum absolute atomic E-state index is 13.6. The molecule has 1 heterocycles. The number of Topliss-reactive ketones (excluding diaryl/α,β-unsaturated/α-hetero) is 1. The van der Waals surface area contributed by atoms with Crippen molar-refractivity contribution >= 4 is 17.4 Å². The summed E-state index contributed by atoms with van der Waals surface area (Å²) in [7, 11) is 0. The van der Waals surface area contributed by atoms with E-state index in [9.17, 15) is 27.2 Å². The molecule has 0 fully saturated rings. The normalized spacial score (nSPS) is 20.1. The van der Waals surface area contributed by atoms with Crippen LogP contribution in [0.4, 0.5) is 23.2 Å². The lowest BCUT2D eigenvalue weighted by Crippen LogP contribution is -2.39. The van der Waals surface area contributed by atoms with Crippen LogP contribution in [0.2, 0.25) is 0 Å². The number of allylic oxidation sites excluding steroid dienone is 3. The summed E-state index contributed by atoms with van der Waals surface area (Å²) in [4.78, 5) is 26.6. The highest BCUT2D eigenvalue weighted by molar-refractivity contribution is 6.10. The van der Waals surface area contributed by atoms with Gasteiger partial charge in [0, 0.05) is 40.6 Å². The van der Waals surface area contributed by atoms with E-state index < -0.39 is 29.4 Å². The third kappa shape index (κ3) is 4.62. The summed E-state index contributed by atoms with van der Waals surface area (Å²) >= 11 is 0. The van der Waals surface area contributed by atoms with Crippen molar-refractivity contribution in [3.8, 4) is 0 Å². The van der Waals surface area contributed by atoms with Crippen molar-refractivity contribution in [2.45, 2.75) is 45.7 Å². The van der Waals surface area contributed by atoms with Gasteiger partial charge in [-0.2, -0.15) is 13.2 Å². The number of anilines is 1. The van der Waals surface area contributed by atoms with E-state index in [-0.39, 0.29) is 28.9 Å². The van der Waals surface area contributed by atoms with Gasteiger partial charge >= 0.3 is 6.18 Å². The van der Waals surface area contributed by atoms with E-state index in [2.05, 4.69) is 10.6 Å². The molecule has 34 heavy (non-hydrogen) atoms. The van der Waals surface area contributed by atoms with Crippen molar-refractivity contribution in [2.24, 2.45) is 5.41 Å². The average molecular weight is 472 g/mol. The molecule has 1 aliphatic carbocycles. The summed E-state index contributed by atoms with van der Waals surface area (Å²) in [5, 5.41) is 5.74.